The van der Waals surface area contributed by atoms with E-state index in [0.29, 0.717) is 6.04 Å². The number of hydrogen-bond donors (Lipinski definition) is 1. The average molecular weight is 274 g/mol. The van der Waals surface area contributed by atoms with Gasteiger partial charge in [-0.1, -0.05) is 18.2 Å². The Bertz CT molecular complexity index is 561. The maximum atomic E-state index is 3.74. The zero-order valence-electron chi connectivity index (χ0n) is 11.7. The smallest absolute Gasteiger partial charge is 0.0481 e. The molecule has 0 radical (unpaired) electrons. The quantitative estimate of drug-likeness (QED) is 0.918. The van der Waals surface area contributed by atoms with Crippen molar-refractivity contribution in [2.75, 3.05) is 6.26 Å². The van der Waals surface area contributed by atoms with Crippen molar-refractivity contribution in [2.24, 2.45) is 7.05 Å². The van der Waals surface area contributed by atoms with Crippen molar-refractivity contribution in [3.63, 3.8) is 0 Å². The van der Waals surface area contributed by atoms with Crippen molar-refractivity contribution >= 4 is 22.7 Å². The number of para-hydroxylation sites is 1. The molecule has 2 atom stereocenters. The molecule has 1 fully saturated rings. The van der Waals surface area contributed by atoms with Crippen molar-refractivity contribution in [2.45, 2.75) is 37.1 Å². The van der Waals surface area contributed by atoms with Gasteiger partial charge in [-0.15, -0.1) is 0 Å². The van der Waals surface area contributed by atoms with E-state index in [2.05, 4.69) is 53.6 Å². The Morgan fingerprint density at radius 1 is 1.32 bits per heavy atom. The third kappa shape index (κ3) is 2.67. The van der Waals surface area contributed by atoms with Gasteiger partial charge >= 0.3 is 0 Å². The minimum absolute atomic E-state index is 0.705. The fourth-order valence-electron chi connectivity index (χ4n) is 3.16. The first-order valence-electron chi connectivity index (χ1n) is 7.07. The first-order valence-corrected chi connectivity index (χ1v) is 8.36. The van der Waals surface area contributed by atoms with Gasteiger partial charge in [0.1, 0.15) is 0 Å². The molecule has 1 aromatic carbocycles. The predicted octanol–water partition coefficient (Wildman–Crippen LogP) is 3.55. The summed E-state index contributed by atoms with van der Waals surface area (Å²) in [7, 11) is 2.13. The summed E-state index contributed by atoms with van der Waals surface area (Å²) in [6.07, 6.45) is 8.52. The summed E-state index contributed by atoms with van der Waals surface area (Å²) in [5.41, 5.74) is 2.75. The third-order valence-electron chi connectivity index (χ3n) is 4.28. The van der Waals surface area contributed by atoms with E-state index in [1.165, 1.54) is 35.7 Å². The first kappa shape index (κ1) is 13.1. The van der Waals surface area contributed by atoms with Crippen LogP contribution in [0.4, 0.5) is 0 Å². The number of aromatic nitrogens is 1. The average Bonchev–Trinajstić information content (AvgIpc) is 3.02. The molecule has 3 rings (SSSR count). The normalized spacial score (nSPS) is 23.3. The van der Waals surface area contributed by atoms with Crippen molar-refractivity contribution in [1.29, 1.82) is 0 Å². The minimum Gasteiger partial charge on any atom is -0.350 e. The van der Waals surface area contributed by atoms with Crippen LogP contribution in [0.1, 0.15) is 24.8 Å². The molecule has 0 amide bonds. The van der Waals surface area contributed by atoms with Gasteiger partial charge in [0, 0.05) is 42.0 Å². The van der Waals surface area contributed by atoms with E-state index in [1.54, 1.807) is 0 Å². The number of benzene rings is 1. The molecular weight excluding hydrogens is 252 g/mol. The Labute approximate surface area is 119 Å². The Morgan fingerprint density at radius 3 is 2.95 bits per heavy atom. The van der Waals surface area contributed by atoms with E-state index in [9.17, 15) is 0 Å². The van der Waals surface area contributed by atoms with Gasteiger partial charge in [-0.05, 0) is 37.1 Å². The summed E-state index contributed by atoms with van der Waals surface area (Å²) >= 11 is 2.02. The molecule has 1 aliphatic carbocycles. The van der Waals surface area contributed by atoms with Gasteiger partial charge in [0.2, 0.25) is 0 Å². The molecule has 1 aliphatic rings. The molecular formula is C16H22N2S. The van der Waals surface area contributed by atoms with Crippen LogP contribution in [0.15, 0.2) is 30.5 Å². The van der Waals surface area contributed by atoms with Crippen molar-refractivity contribution in [1.82, 2.24) is 9.88 Å². The van der Waals surface area contributed by atoms with Crippen LogP contribution in [0.5, 0.6) is 0 Å². The largest absolute Gasteiger partial charge is 0.350 e. The summed E-state index contributed by atoms with van der Waals surface area (Å²) in [4.78, 5) is 0. The molecule has 1 saturated carbocycles. The van der Waals surface area contributed by atoms with Gasteiger partial charge < -0.3 is 9.88 Å². The van der Waals surface area contributed by atoms with Crippen LogP contribution < -0.4 is 5.32 Å². The molecule has 1 heterocycles. The molecule has 0 aliphatic heterocycles. The lowest BCUT2D eigenvalue weighted by Gasteiger charge is -2.12. The summed E-state index contributed by atoms with van der Waals surface area (Å²) < 4.78 is 2.23. The van der Waals surface area contributed by atoms with Gasteiger partial charge in [-0.3, -0.25) is 0 Å². The van der Waals surface area contributed by atoms with Crippen LogP contribution >= 0.6 is 11.8 Å². The molecule has 19 heavy (non-hydrogen) atoms. The van der Waals surface area contributed by atoms with Gasteiger partial charge in [0.05, 0.1) is 0 Å². The highest BCUT2D eigenvalue weighted by atomic mass is 32.2. The van der Waals surface area contributed by atoms with Gasteiger partial charge in [-0.2, -0.15) is 11.8 Å². The molecule has 2 nitrogen and oxygen atoms in total. The van der Waals surface area contributed by atoms with Crippen LogP contribution in [0.3, 0.4) is 0 Å². The Hall–Kier alpha value is -0.930. The molecule has 3 heteroatoms. The lowest BCUT2D eigenvalue weighted by atomic mass is 10.1. The standard InChI is InChI=1S/C16H22N2S/c1-18-11-12(15-5-3-4-6-16(15)18)10-17-13-7-8-14(9-13)19-2/h3-6,11,13-14,17H,7-10H2,1-2H3. The van der Waals surface area contributed by atoms with Crippen LogP contribution in [-0.2, 0) is 13.6 Å². The second kappa shape index (κ2) is 5.59. The number of nitrogens with zero attached hydrogens (tertiary/aromatic N) is 1. The van der Waals surface area contributed by atoms with Crippen molar-refractivity contribution < 1.29 is 0 Å². The van der Waals surface area contributed by atoms with E-state index in [-0.39, 0.29) is 0 Å². The maximum Gasteiger partial charge on any atom is 0.0481 e. The zero-order chi connectivity index (χ0) is 13.2. The maximum absolute atomic E-state index is 3.74. The number of thioether (sulfide) groups is 1. The van der Waals surface area contributed by atoms with Crippen LogP contribution in [0.2, 0.25) is 0 Å². The fraction of sp³-hybridized carbons (Fsp3) is 0.500. The van der Waals surface area contributed by atoms with E-state index in [1.807, 2.05) is 11.8 Å². The Kier molecular flexibility index (Phi) is 3.85. The Balaban J connectivity index is 1.69. The molecule has 0 spiro atoms. The topological polar surface area (TPSA) is 17.0 Å². The fourth-order valence-corrected chi connectivity index (χ4v) is 3.96. The highest BCUT2D eigenvalue weighted by molar-refractivity contribution is 7.99. The first-order chi connectivity index (χ1) is 9.28. The molecule has 0 saturated heterocycles. The van der Waals surface area contributed by atoms with Crippen molar-refractivity contribution in [3.05, 3.63) is 36.0 Å². The second-order valence-electron chi connectivity index (χ2n) is 5.53. The van der Waals surface area contributed by atoms with Crippen LogP contribution in [0, 0.1) is 0 Å². The van der Waals surface area contributed by atoms with E-state index >= 15 is 0 Å². The molecule has 102 valence electrons. The third-order valence-corrected chi connectivity index (χ3v) is 5.37. The van der Waals surface area contributed by atoms with Crippen LogP contribution in [0.25, 0.3) is 10.9 Å². The number of hydrogen-bond acceptors (Lipinski definition) is 2. The van der Waals surface area contributed by atoms with E-state index in [0.717, 1.165) is 11.8 Å². The molecule has 1 N–H and O–H groups in total. The minimum atomic E-state index is 0.705. The van der Waals surface area contributed by atoms with E-state index in [4.69, 9.17) is 0 Å². The SMILES string of the molecule is CSC1CCC(NCc2cn(C)c3ccccc23)C1. The van der Waals surface area contributed by atoms with Gasteiger partial charge in [-0.25, -0.2) is 0 Å². The second-order valence-corrected chi connectivity index (χ2v) is 6.67. The highest BCUT2D eigenvalue weighted by Crippen LogP contribution is 2.28. The predicted molar refractivity (Wildman–Crippen MR) is 84.7 cm³/mol. The van der Waals surface area contributed by atoms with Gasteiger partial charge in [0.25, 0.3) is 0 Å². The summed E-state index contributed by atoms with van der Waals surface area (Å²) in [5, 5.41) is 5.99. The summed E-state index contributed by atoms with van der Waals surface area (Å²) in [6.45, 7) is 0.993. The molecule has 2 aromatic rings. The number of nitrogens with one attached hydrogen (secondary N) is 1. The molecule has 1 aromatic heterocycles. The monoisotopic (exact) mass is 274 g/mol. The van der Waals surface area contributed by atoms with Gasteiger partial charge in [0.15, 0.2) is 0 Å². The molecule has 2 unspecified atom stereocenters. The van der Waals surface area contributed by atoms with E-state index < -0.39 is 0 Å². The number of aryl methyl sites for hydroxylation is 1. The number of rotatable bonds is 4. The zero-order valence-corrected chi connectivity index (χ0v) is 12.5. The molecule has 0 bridgehead atoms. The van der Waals surface area contributed by atoms with Crippen LogP contribution in [-0.4, -0.2) is 22.1 Å². The lowest BCUT2D eigenvalue weighted by molar-refractivity contribution is 0.526. The Morgan fingerprint density at radius 2 is 2.16 bits per heavy atom. The summed E-state index contributed by atoms with van der Waals surface area (Å²) in [5.74, 6) is 0. The number of fused-ring (bicyclic) bond motifs is 1. The van der Waals surface area contributed by atoms with Crippen molar-refractivity contribution in [3.8, 4) is 0 Å². The lowest BCUT2D eigenvalue weighted by Crippen LogP contribution is -2.26. The highest BCUT2D eigenvalue weighted by Gasteiger charge is 2.23. The summed E-state index contributed by atoms with van der Waals surface area (Å²) in [6, 6.07) is 9.37.